The molecule has 0 bridgehead atoms. The molecule has 2 aromatic rings. The molecule has 124 valence electrons. The largest absolute Gasteiger partial charge is 0.478 e. The summed E-state index contributed by atoms with van der Waals surface area (Å²) < 4.78 is 0. The van der Waals surface area contributed by atoms with Gasteiger partial charge < -0.3 is 10.4 Å². The molecule has 0 amide bonds. The third-order valence-electron chi connectivity index (χ3n) is 6.05. The molecule has 2 aromatic carbocycles. The Morgan fingerprint density at radius 3 is 2.67 bits per heavy atom. The normalized spacial score (nSPS) is 27.9. The van der Waals surface area contributed by atoms with E-state index >= 15 is 0 Å². The van der Waals surface area contributed by atoms with Gasteiger partial charge in [-0.15, -0.1) is 0 Å². The number of rotatable bonds is 2. The summed E-state index contributed by atoms with van der Waals surface area (Å²) in [5.41, 5.74) is 5.72. The van der Waals surface area contributed by atoms with Crippen LogP contribution in [0.2, 0.25) is 0 Å². The Hall–Kier alpha value is -2.29. The van der Waals surface area contributed by atoms with E-state index in [1.807, 2.05) is 12.1 Å². The highest BCUT2D eigenvalue weighted by Gasteiger charge is 2.48. The third-order valence-corrected chi connectivity index (χ3v) is 6.05. The molecule has 4 rings (SSSR count). The van der Waals surface area contributed by atoms with E-state index < -0.39 is 5.97 Å². The third kappa shape index (κ3) is 2.22. The summed E-state index contributed by atoms with van der Waals surface area (Å²) in [6, 6.07) is 14.3. The Morgan fingerprint density at radius 2 is 1.96 bits per heavy atom. The summed E-state index contributed by atoms with van der Waals surface area (Å²) in [7, 11) is 0. The molecule has 24 heavy (non-hydrogen) atoms. The molecule has 1 saturated carbocycles. The number of hydrogen-bond donors (Lipinski definition) is 2. The van der Waals surface area contributed by atoms with Gasteiger partial charge >= 0.3 is 5.97 Å². The lowest BCUT2D eigenvalue weighted by Gasteiger charge is -2.45. The van der Waals surface area contributed by atoms with E-state index in [4.69, 9.17) is 5.11 Å². The van der Waals surface area contributed by atoms with Gasteiger partial charge in [0, 0.05) is 5.69 Å². The number of carboxylic acids is 1. The number of benzene rings is 2. The van der Waals surface area contributed by atoms with Crippen molar-refractivity contribution in [2.45, 2.75) is 44.6 Å². The highest BCUT2D eigenvalue weighted by molar-refractivity contribution is 5.87. The van der Waals surface area contributed by atoms with E-state index in [-0.39, 0.29) is 11.5 Å². The lowest BCUT2D eigenvalue weighted by Crippen LogP contribution is -2.39. The second-order valence-electron chi connectivity index (χ2n) is 7.51. The van der Waals surface area contributed by atoms with Crippen molar-refractivity contribution in [1.82, 2.24) is 0 Å². The molecule has 0 unspecified atom stereocenters. The number of carbonyl (C=O) groups is 1. The van der Waals surface area contributed by atoms with Crippen LogP contribution >= 0.6 is 0 Å². The van der Waals surface area contributed by atoms with Crippen LogP contribution in [0.5, 0.6) is 0 Å². The molecular formula is C21H23NO2. The van der Waals surface area contributed by atoms with Crippen molar-refractivity contribution < 1.29 is 9.90 Å². The SMILES string of the molecule is Cc1ccc2c(c1)[C@]1(C)CCC[C@@H]1[C@H](c1ccc(C(=O)O)cc1)N2. The monoisotopic (exact) mass is 321 g/mol. The van der Waals surface area contributed by atoms with Crippen LogP contribution in [0.1, 0.15) is 59.3 Å². The van der Waals surface area contributed by atoms with E-state index in [1.165, 1.54) is 41.6 Å². The molecule has 1 heterocycles. The molecule has 3 atom stereocenters. The topological polar surface area (TPSA) is 49.3 Å². The molecule has 2 aliphatic rings. The van der Waals surface area contributed by atoms with E-state index in [0.29, 0.717) is 11.5 Å². The van der Waals surface area contributed by atoms with Gasteiger partial charge in [-0.25, -0.2) is 4.79 Å². The van der Waals surface area contributed by atoms with Crippen molar-refractivity contribution in [2.75, 3.05) is 5.32 Å². The predicted molar refractivity (Wildman–Crippen MR) is 95.6 cm³/mol. The van der Waals surface area contributed by atoms with Crippen LogP contribution in [-0.2, 0) is 5.41 Å². The van der Waals surface area contributed by atoms with Crippen molar-refractivity contribution >= 4 is 11.7 Å². The minimum Gasteiger partial charge on any atom is -0.478 e. The highest BCUT2D eigenvalue weighted by Crippen LogP contribution is 2.56. The van der Waals surface area contributed by atoms with Crippen molar-refractivity contribution in [2.24, 2.45) is 5.92 Å². The zero-order chi connectivity index (χ0) is 16.9. The zero-order valence-electron chi connectivity index (χ0n) is 14.2. The quantitative estimate of drug-likeness (QED) is 0.825. The van der Waals surface area contributed by atoms with Crippen molar-refractivity contribution in [3.05, 3.63) is 64.7 Å². The number of aromatic carboxylic acids is 1. The fourth-order valence-corrected chi connectivity index (χ4v) is 4.74. The van der Waals surface area contributed by atoms with E-state index in [9.17, 15) is 4.79 Å². The smallest absolute Gasteiger partial charge is 0.335 e. The Labute approximate surface area is 142 Å². The van der Waals surface area contributed by atoms with Gasteiger partial charge in [-0.2, -0.15) is 0 Å². The Balaban J connectivity index is 1.78. The summed E-state index contributed by atoms with van der Waals surface area (Å²) in [5, 5.41) is 12.9. The first-order valence-electron chi connectivity index (χ1n) is 8.70. The lowest BCUT2D eigenvalue weighted by molar-refractivity contribution is 0.0697. The van der Waals surface area contributed by atoms with E-state index in [1.54, 1.807) is 12.1 Å². The number of hydrogen-bond acceptors (Lipinski definition) is 2. The van der Waals surface area contributed by atoms with Gasteiger partial charge in [0.15, 0.2) is 0 Å². The second kappa shape index (κ2) is 5.37. The number of fused-ring (bicyclic) bond motifs is 3. The average Bonchev–Trinajstić information content (AvgIpc) is 2.97. The molecule has 2 N–H and O–H groups in total. The summed E-state index contributed by atoms with van der Waals surface area (Å²) >= 11 is 0. The molecule has 0 spiro atoms. The van der Waals surface area contributed by atoms with Gasteiger partial charge in [0.2, 0.25) is 0 Å². The molecule has 1 aliphatic heterocycles. The minimum atomic E-state index is -0.871. The van der Waals surface area contributed by atoms with Crippen LogP contribution in [0.15, 0.2) is 42.5 Å². The van der Waals surface area contributed by atoms with Gasteiger partial charge in [0.05, 0.1) is 11.6 Å². The summed E-state index contributed by atoms with van der Waals surface area (Å²) in [5.74, 6) is -0.327. The summed E-state index contributed by atoms with van der Waals surface area (Å²) in [4.78, 5) is 11.1. The van der Waals surface area contributed by atoms with Crippen LogP contribution < -0.4 is 5.32 Å². The van der Waals surface area contributed by atoms with Gasteiger partial charge in [-0.3, -0.25) is 0 Å². The molecule has 3 heteroatoms. The fourth-order valence-electron chi connectivity index (χ4n) is 4.74. The molecule has 1 aliphatic carbocycles. The average molecular weight is 321 g/mol. The highest BCUT2D eigenvalue weighted by atomic mass is 16.4. The van der Waals surface area contributed by atoms with Crippen LogP contribution in [0.3, 0.4) is 0 Å². The molecule has 3 nitrogen and oxygen atoms in total. The maximum atomic E-state index is 11.1. The fraction of sp³-hybridized carbons (Fsp3) is 0.381. The van der Waals surface area contributed by atoms with Crippen molar-refractivity contribution in [3.63, 3.8) is 0 Å². The molecule has 0 aromatic heterocycles. The number of aryl methyl sites for hydroxylation is 1. The maximum Gasteiger partial charge on any atom is 0.335 e. The van der Waals surface area contributed by atoms with Crippen LogP contribution in [-0.4, -0.2) is 11.1 Å². The van der Waals surface area contributed by atoms with Crippen LogP contribution in [0, 0.1) is 12.8 Å². The van der Waals surface area contributed by atoms with E-state index in [0.717, 1.165) is 0 Å². The lowest BCUT2D eigenvalue weighted by atomic mass is 9.66. The first-order valence-corrected chi connectivity index (χ1v) is 8.70. The van der Waals surface area contributed by atoms with Gasteiger partial charge in [-0.05, 0) is 60.4 Å². The van der Waals surface area contributed by atoms with Gasteiger partial charge in [0.1, 0.15) is 0 Å². The zero-order valence-corrected chi connectivity index (χ0v) is 14.2. The van der Waals surface area contributed by atoms with Gasteiger partial charge in [0.25, 0.3) is 0 Å². The second-order valence-corrected chi connectivity index (χ2v) is 7.51. The Kier molecular flexibility index (Phi) is 3.41. The molecule has 0 saturated heterocycles. The van der Waals surface area contributed by atoms with Crippen molar-refractivity contribution in [1.29, 1.82) is 0 Å². The molecule has 0 radical (unpaired) electrons. The minimum absolute atomic E-state index is 0.197. The molecule has 1 fully saturated rings. The summed E-state index contributed by atoms with van der Waals surface area (Å²) in [6.07, 6.45) is 3.68. The Bertz CT molecular complexity index is 796. The predicted octanol–water partition coefficient (Wildman–Crippen LogP) is 4.92. The van der Waals surface area contributed by atoms with Crippen molar-refractivity contribution in [3.8, 4) is 0 Å². The number of nitrogens with one attached hydrogen (secondary N) is 1. The maximum absolute atomic E-state index is 11.1. The van der Waals surface area contributed by atoms with Gasteiger partial charge in [-0.1, -0.05) is 43.2 Å². The van der Waals surface area contributed by atoms with Crippen LogP contribution in [0.4, 0.5) is 5.69 Å². The number of carboxylic acid groups (broad SMARTS) is 1. The number of anilines is 1. The first-order chi connectivity index (χ1) is 11.5. The Morgan fingerprint density at radius 1 is 1.21 bits per heavy atom. The van der Waals surface area contributed by atoms with Crippen LogP contribution in [0.25, 0.3) is 0 Å². The van der Waals surface area contributed by atoms with E-state index in [2.05, 4.69) is 37.4 Å². The molecular weight excluding hydrogens is 298 g/mol. The first kappa shape index (κ1) is 15.3. The standard InChI is InChI=1S/C21H23NO2/c1-13-5-10-18-17(12-13)21(2)11-3-4-16(21)19(22-18)14-6-8-15(9-7-14)20(23)24/h5-10,12,16,19,22H,3-4,11H2,1-2H3,(H,23,24)/t16-,19+,21-/m1/s1. The summed E-state index contributed by atoms with van der Waals surface area (Å²) in [6.45, 7) is 4.56.